The van der Waals surface area contributed by atoms with Crippen LogP contribution < -0.4 is 11.1 Å². The lowest BCUT2D eigenvalue weighted by Gasteiger charge is -2.21. The molecule has 1 atom stereocenters. The molecule has 2 aromatic rings. The second-order valence-electron chi connectivity index (χ2n) is 5.64. The van der Waals surface area contributed by atoms with Gasteiger partial charge in [0.25, 0.3) is 0 Å². The first-order chi connectivity index (χ1) is 11.4. The number of carbonyl (C=O) groups is 1. The zero-order valence-electron chi connectivity index (χ0n) is 12.6. The number of fused-ring (bicyclic) bond motifs is 1. The Bertz CT molecular complexity index is 795. The minimum Gasteiger partial charge on any atom is -0.401 e. The summed E-state index contributed by atoms with van der Waals surface area (Å²) in [6, 6.07) is 10.3. The van der Waals surface area contributed by atoms with Crippen molar-refractivity contribution < 1.29 is 18.0 Å². The highest BCUT2D eigenvalue weighted by atomic mass is 19.4. The van der Waals surface area contributed by atoms with Crippen LogP contribution in [-0.4, -0.2) is 6.29 Å². The van der Waals surface area contributed by atoms with Crippen LogP contribution in [0.5, 0.6) is 0 Å². The first-order valence-electron chi connectivity index (χ1n) is 7.36. The van der Waals surface area contributed by atoms with Crippen molar-refractivity contribution >= 4 is 17.7 Å². The van der Waals surface area contributed by atoms with E-state index in [-0.39, 0.29) is 0 Å². The molecule has 0 aromatic heterocycles. The summed E-state index contributed by atoms with van der Waals surface area (Å²) in [5, 5.41) is 3.07. The van der Waals surface area contributed by atoms with Crippen LogP contribution in [0.2, 0.25) is 0 Å². The van der Waals surface area contributed by atoms with Crippen LogP contribution in [0.3, 0.4) is 0 Å². The van der Waals surface area contributed by atoms with E-state index in [1.165, 1.54) is 12.1 Å². The molecule has 0 unspecified atom stereocenters. The second-order valence-corrected chi connectivity index (χ2v) is 5.64. The summed E-state index contributed by atoms with van der Waals surface area (Å²) in [4.78, 5) is 11.2. The summed E-state index contributed by atoms with van der Waals surface area (Å²) < 4.78 is 37.7. The monoisotopic (exact) mass is 332 g/mol. The third kappa shape index (κ3) is 3.13. The van der Waals surface area contributed by atoms with E-state index in [9.17, 15) is 18.0 Å². The zero-order valence-corrected chi connectivity index (χ0v) is 12.6. The lowest BCUT2D eigenvalue weighted by molar-refractivity contribution is -0.137. The first-order valence-corrected chi connectivity index (χ1v) is 7.36. The lowest BCUT2D eigenvalue weighted by atomic mass is 9.86. The molecule has 6 heteroatoms. The second kappa shape index (κ2) is 6.03. The largest absolute Gasteiger partial charge is 0.416 e. The summed E-state index contributed by atoms with van der Waals surface area (Å²) in [6.07, 6.45) is -1.11. The molecule has 0 heterocycles. The summed E-state index contributed by atoms with van der Waals surface area (Å²) >= 11 is 0. The van der Waals surface area contributed by atoms with E-state index >= 15 is 0 Å². The Morgan fingerprint density at radius 2 is 1.75 bits per heavy atom. The van der Waals surface area contributed by atoms with Gasteiger partial charge in [-0.25, -0.2) is 0 Å². The number of nitrogens with one attached hydrogen (secondary N) is 1. The molecule has 3 rings (SSSR count). The molecule has 0 spiro atoms. The van der Waals surface area contributed by atoms with Gasteiger partial charge in [0.2, 0.25) is 0 Å². The van der Waals surface area contributed by atoms with Crippen molar-refractivity contribution in [3.8, 4) is 0 Å². The van der Waals surface area contributed by atoms with Crippen LogP contribution in [-0.2, 0) is 17.4 Å². The lowest BCUT2D eigenvalue weighted by Crippen LogP contribution is -2.17. The fourth-order valence-electron chi connectivity index (χ4n) is 2.76. The van der Waals surface area contributed by atoms with Crippen molar-refractivity contribution in [3.63, 3.8) is 0 Å². The Kier molecular flexibility index (Phi) is 4.05. The van der Waals surface area contributed by atoms with Gasteiger partial charge >= 0.3 is 6.18 Å². The Labute approximate surface area is 137 Å². The molecule has 124 valence electrons. The van der Waals surface area contributed by atoms with E-state index < -0.39 is 17.7 Å². The predicted molar refractivity (Wildman–Crippen MR) is 85.9 cm³/mol. The summed E-state index contributed by atoms with van der Waals surface area (Å²) in [5.41, 5.74) is 8.83. The Morgan fingerprint density at radius 3 is 2.38 bits per heavy atom. The molecule has 3 N–H and O–H groups in total. The van der Waals surface area contributed by atoms with Gasteiger partial charge in [-0.3, -0.25) is 0 Å². The van der Waals surface area contributed by atoms with E-state index in [1.807, 2.05) is 18.2 Å². The van der Waals surface area contributed by atoms with Crippen molar-refractivity contribution in [2.45, 2.75) is 18.5 Å². The minimum atomic E-state index is -4.35. The number of alkyl halides is 3. The number of aldehydes is 1. The number of hydrogen-bond donors (Lipinski definition) is 2. The van der Waals surface area contributed by atoms with Crippen LogP contribution in [0.15, 0.2) is 54.2 Å². The van der Waals surface area contributed by atoms with E-state index in [1.54, 1.807) is 6.07 Å². The first kappa shape index (κ1) is 16.1. The molecule has 1 aliphatic carbocycles. The third-order valence-corrected chi connectivity index (χ3v) is 4.03. The molecule has 2 aromatic carbocycles. The zero-order chi connectivity index (χ0) is 17.3. The SMILES string of the molecule is NC1=CCc2cc(Nc3ccc(C(F)(F)F)cc3)ccc2[C@@H]1C=O. The molecule has 0 aliphatic heterocycles. The number of allylic oxidation sites excluding steroid dienone is 2. The number of benzene rings is 2. The molecular formula is C18H15F3N2O. The fourth-order valence-corrected chi connectivity index (χ4v) is 2.76. The van der Waals surface area contributed by atoms with Gasteiger partial charge in [0.05, 0.1) is 11.5 Å². The Morgan fingerprint density at radius 1 is 1.08 bits per heavy atom. The molecule has 24 heavy (non-hydrogen) atoms. The molecule has 0 bridgehead atoms. The van der Waals surface area contributed by atoms with Gasteiger partial charge in [-0.1, -0.05) is 12.1 Å². The van der Waals surface area contributed by atoms with Crippen molar-refractivity contribution in [2.24, 2.45) is 5.73 Å². The third-order valence-electron chi connectivity index (χ3n) is 4.03. The molecule has 0 radical (unpaired) electrons. The number of rotatable bonds is 3. The maximum atomic E-state index is 12.6. The van der Waals surface area contributed by atoms with Crippen LogP contribution in [0.4, 0.5) is 24.5 Å². The molecule has 0 saturated heterocycles. The highest BCUT2D eigenvalue weighted by Gasteiger charge is 2.30. The molecule has 0 saturated carbocycles. The van der Waals surface area contributed by atoms with Crippen molar-refractivity contribution in [1.82, 2.24) is 0 Å². The van der Waals surface area contributed by atoms with Crippen molar-refractivity contribution in [3.05, 3.63) is 70.9 Å². The highest BCUT2D eigenvalue weighted by molar-refractivity contribution is 5.71. The van der Waals surface area contributed by atoms with E-state index in [2.05, 4.69) is 5.32 Å². The van der Waals surface area contributed by atoms with Gasteiger partial charge in [0, 0.05) is 17.1 Å². The van der Waals surface area contributed by atoms with Gasteiger partial charge in [-0.2, -0.15) is 13.2 Å². The predicted octanol–water partition coefficient (Wildman–Crippen LogP) is 4.13. The van der Waals surface area contributed by atoms with Crippen molar-refractivity contribution in [1.29, 1.82) is 0 Å². The standard InChI is InChI=1S/C18H15F3N2O/c19-18(20,21)12-2-4-13(5-3-12)23-14-6-7-15-11(9-14)1-8-17(22)16(15)10-24/h2-10,16,23H,1,22H2/t16-/m0/s1. The summed E-state index contributed by atoms with van der Waals surface area (Å²) in [5.74, 6) is -0.436. The van der Waals surface area contributed by atoms with Gasteiger partial charge in [0.1, 0.15) is 6.29 Å². The number of hydrogen-bond acceptors (Lipinski definition) is 3. The van der Waals surface area contributed by atoms with Gasteiger partial charge < -0.3 is 15.8 Å². The van der Waals surface area contributed by atoms with Crippen LogP contribution in [0.25, 0.3) is 0 Å². The molecule has 0 amide bonds. The number of halogens is 3. The number of carbonyl (C=O) groups excluding carboxylic acids is 1. The van der Waals surface area contributed by atoms with Crippen LogP contribution in [0, 0.1) is 0 Å². The normalized spacial score (nSPS) is 17.0. The smallest absolute Gasteiger partial charge is 0.401 e. The molecule has 0 fully saturated rings. The van der Waals surface area contributed by atoms with Crippen molar-refractivity contribution in [2.75, 3.05) is 5.32 Å². The maximum Gasteiger partial charge on any atom is 0.416 e. The number of nitrogens with two attached hydrogens (primary N) is 1. The highest BCUT2D eigenvalue weighted by Crippen LogP contribution is 2.33. The fraction of sp³-hybridized carbons (Fsp3) is 0.167. The maximum absolute atomic E-state index is 12.6. The van der Waals surface area contributed by atoms with Gasteiger partial charge in [-0.15, -0.1) is 0 Å². The topological polar surface area (TPSA) is 55.1 Å². The summed E-state index contributed by atoms with van der Waals surface area (Å²) in [6.45, 7) is 0. The van der Waals surface area contributed by atoms with Gasteiger partial charge in [0.15, 0.2) is 0 Å². The average Bonchev–Trinajstić information content (AvgIpc) is 2.54. The van der Waals surface area contributed by atoms with Crippen LogP contribution in [0.1, 0.15) is 22.6 Å². The summed E-state index contributed by atoms with van der Waals surface area (Å²) in [7, 11) is 0. The molecular weight excluding hydrogens is 317 g/mol. The van der Waals surface area contributed by atoms with E-state index in [0.29, 0.717) is 17.8 Å². The molecule has 3 nitrogen and oxygen atoms in total. The number of anilines is 2. The molecule has 1 aliphatic rings. The quantitative estimate of drug-likeness (QED) is 0.831. The Balaban J connectivity index is 1.82. The minimum absolute atomic E-state index is 0.436. The average molecular weight is 332 g/mol. The van der Waals surface area contributed by atoms with Gasteiger partial charge in [-0.05, 0) is 53.9 Å². The van der Waals surface area contributed by atoms with E-state index in [4.69, 9.17) is 5.73 Å². The van der Waals surface area contributed by atoms with Crippen LogP contribution >= 0.6 is 0 Å². The Hall–Kier alpha value is -2.76. The van der Waals surface area contributed by atoms with E-state index in [0.717, 1.165) is 35.2 Å².